The van der Waals surface area contributed by atoms with Gasteiger partial charge in [0, 0.05) is 18.1 Å². The van der Waals surface area contributed by atoms with E-state index in [4.69, 9.17) is 13.3 Å². The maximum atomic E-state index is 7.04. The monoisotopic (exact) mass is 552 g/mol. The molecule has 10 atom stereocenters. The van der Waals surface area contributed by atoms with E-state index >= 15 is 0 Å². The van der Waals surface area contributed by atoms with Crippen molar-refractivity contribution in [1.82, 2.24) is 0 Å². The van der Waals surface area contributed by atoms with Crippen LogP contribution in [0.15, 0.2) is 0 Å². The molecule has 0 amide bonds. The van der Waals surface area contributed by atoms with Gasteiger partial charge < -0.3 is 13.3 Å². The van der Waals surface area contributed by atoms with Gasteiger partial charge >= 0.3 is 0 Å². The Hall–Kier alpha value is 0.531. The quantitative estimate of drug-likeness (QED) is 0.295. The lowest BCUT2D eigenvalue weighted by Crippen LogP contribution is -2.55. The van der Waals surface area contributed by atoms with Crippen molar-refractivity contribution in [3.8, 4) is 0 Å². The molecule has 10 unspecified atom stereocenters. The summed E-state index contributed by atoms with van der Waals surface area (Å²) in [7, 11) is -4.72. The Balaban J connectivity index is 1.57. The van der Waals surface area contributed by atoms with Crippen molar-refractivity contribution in [3.63, 3.8) is 0 Å². The van der Waals surface area contributed by atoms with Crippen molar-refractivity contribution in [2.24, 2.45) is 40.4 Å². The van der Waals surface area contributed by atoms with Crippen molar-refractivity contribution in [2.45, 2.75) is 149 Å². The molecule has 4 fully saturated rings. The highest BCUT2D eigenvalue weighted by Gasteiger charge is 2.64. The average molecular weight is 553 g/mol. The minimum absolute atomic E-state index is 0.297. The lowest BCUT2D eigenvalue weighted by atomic mass is 9.44. The van der Waals surface area contributed by atoms with E-state index in [0.717, 1.165) is 23.7 Å². The van der Waals surface area contributed by atoms with Gasteiger partial charge in [0.05, 0.1) is 6.10 Å². The van der Waals surface area contributed by atoms with Gasteiger partial charge in [-0.25, -0.2) is 0 Å². The molecule has 0 radical (unpaired) electrons. The Labute approximate surface area is 227 Å². The third kappa shape index (κ3) is 5.99. The van der Waals surface area contributed by atoms with Crippen molar-refractivity contribution in [2.75, 3.05) is 0 Å². The van der Waals surface area contributed by atoms with Gasteiger partial charge in [0.1, 0.15) is 0 Å². The molecule has 0 aromatic carbocycles. The zero-order valence-corrected chi connectivity index (χ0v) is 29.0. The molecule has 0 bridgehead atoms. The molecule has 3 nitrogen and oxygen atoms in total. The second-order valence-electron chi connectivity index (χ2n) is 16.8. The van der Waals surface area contributed by atoms with Gasteiger partial charge in [-0.15, -0.1) is 0 Å². The molecule has 0 aliphatic heterocycles. The van der Waals surface area contributed by atoms with Crippen LogP contribution in [0.3, 0.4) is 0 Å². The van der Waals surface area contributed by atoms with Crippen molar-refractivity contribution < 1.29 is 13.3 Å². The average Bonchev–Trinajstić information content (AvgIpc) is 2.96. The summed E-state index contributed by atoms with van der Waals surface area (Å²) in [6.07, 6.45) is 12.1. The minimum atomic E-state index is -1.63. The fraction of sp³-hybridized carbons (Fsp3) is 1.00. The second kappa shape index (κ2) is 9.87. The van der Waals surface area contributed by atoms with Crippen molar-refractivity contribution in [1.29, 1.82) is 0 Å². The summed E-state index contributed by atoms with van der Waals surface area (Å²) in [6, 6.07) is 0. The molecular weight excluding hydrogens is 493 g/mol. The van der Waals surface area contributed by atoms with Crippen molar-refractivity contribution >= 4 is 25.0 Å². The van der Waals surface area contributed by atoms with Crippen LogP contribution in [0.2, 0.25) is 58.9 Å². The van der Waals surface area contributed by atoms with E-state index in [9.17, 15) is 0 Å². The molecule has 4 aliphatic carbocycles. The molecule has 36 heavy (non-hydrogen) atoms. The Morgan fingerprint density at radius 1 is 0.667 bits per heavy atom. The van der Waals surface area contributed by atoms with Crippen molar-refractivity contribution in [3.05, 3.63) is 0 Å². The number of fused-ring (bicyclic) bond motifs is 5. The highest BCUT2D eigenvalue weighted by Crippen LogP contribution is 2.68. The molecule has 0 N–H and O–H groups in total. The standard InChI is InChI=1S/C30H60O3Si3/c1-21(31-34(4,5)6)28-27(33-36(10,11)12)20-26-24-14-13-22-19-23(32-35(7,8)9)15-17-29(22,2)25(24)16-18-30(26,28)3/h21-28H,13-20H2,1-12H3. The smallest absolute Gasteiger partial charge is 0.184 e. The zero-order chi connectivity index (χ0) is 26.9. The Morgan fingerprint density at radius 3 is 1.86 bits per heavy atom. The first-order valence-electron chi connectivity index (χ1n) is 15.4. The number of hydrogen-bond donors (Lipinski definition) is 0. The van der Waals surface area contributed by atoms with Crippen LogP contribution in [-0.4, -0.2) is 43.3 Å². The summed E-state index contributed by atoms with van der Waals surface area (Å²) in [5.74, 6) is 3.95. The highest BCUT2D eigenvalue weighted by atomic mass is 28.4. The second-order valence-corrected chi connectivity index (χ2v) is 30.2. The predicted octanol–water partition coefficient (Wildman–Crippen LogP) is 8.94. The summed E-state index contributed by atoms with van der Waals surface area (Å²) < 4.78 is 20.5. The fourth-order valence-electron chi connectivity index (χ4n) is 9.90. The zero-order valence-electron chi connectivity index (χ0n) is 26.0. The first-order chi connectivity index (χ1) is 16.3. The van der Waals surface area contributed by atoms with Gasteiger partial charge in [-0.3, -0.25) is 0 Å². The van der Waals surface area contributed by atoms with E-state index in [1.54, 1.807) is 0 Å². The Bertz CT molecular complexity index is 784. The summed E-state index contributed by atoms with van der Waals surface area (Å²) in [5, 5.41) is 0. The maximum Gasteiger partial charge on any atom is 0.184 e. The molecule has 210 valence electrons. The summed E-state index contributed by atoms with van der Waals surface area (Å²) in [6.45, 7) is 29.0. The van der Waals surface area contributed by atoms with E-state index in [1.165, 1.54) is 51.4 Å². The third-order valence-electron chi connectivity index (χ3n) is 10.8. The first kappa shape index (κ1) is 29.5. The van der Waals surface area contributed by atoms with Crippen LogP contribution in [0.25, 0.3) is 0 Å². The van der Waals surface area contributed by atoms with Gasteiger partial charge in [0.25, 0.3) is 0 Å². The van der Waals surface area contributed by atoms with E-state index in [0.29, 0.717) is 35.1 Å². The molecule has 4 aliphatic rings. The Kier molecular flexibility index (Phi) is 8.09. The van der Waals surface area contributed by atoms with Gasteiger partial charge in [-0.1, -0.05) is 13.8 Å². The predicted molar refractivity (Wildman–Crippen MR) is 161 cm³/mol. The van der Waals surface area contributed by atoms with E-state index < -0.39 is 25.0 Å². The molecule has 4 saturated carbocycles. The molecule has 6 heteroatoms. The minimum Gasteiger partial charge on any atom is -0.415 e. The van der Waals surface area contributed by atoms with Crippen LogP contribution in [0.1, 0.15) is 72.1 Å². The van der Waals surface area contributed by atoms with Crippen LogP contribution in [0.5, 0.6) is 0 Å². The molecule has 0 aromatic rings. The van der Waals surface area contributed by atoms with Crippen LogP contribution in [0.4, 0.5) is 0 Å². The van der Waals surface area contributed by atoms with Crippen LogP contribution in [-0.2, 0) is 13.3 Å². The van der Waals surface area contributed by atoms with Gasteiger partial charge in [-0.05, 0) is 152 Å². The third-order valence-corrected chi connectivity index (χ3v) is 13.9. The summed E-state index contributed by atoms with van der Waals surface area (Å²) in [5.41, 5.74) is 0.864. The first-order valence-corrected chi connectivity index (χ1v) is 25.6. The normalized spacial score (nSPS) is 44.5. The van der Waals surface area contributed by atoms with Crippen LogP contribution in [0, 0.1) is 40.4 Å². The molecule has 0 saturated heterocycles. The lowest BCUT2D eigenvalue weighted by Gasteiger charge is -2.61. The molecule has 0 heterocycles. The van der Waals surface area contributed by atoms with Crippen LogP contribution < -0.4 is 0 Å². The Morgan fingerprint density at radius 2 is 1.28 bits per heavy atom. The maximum absolute atomic E-state index is 7.04. The summed E-state index contributed by atoms with van der Waals surface area (Å²) >= 11 is 0. The SMILES string of the molecule is CC(O[Si](C)(C)C)C1C(O[Si](C)(C)C)CC2C3CCC4CC(O[Si](C)(C)C)CCC4(C)C3CCC21C. The lowest BCUT2D eigenvalue weighted by molar-refractivity contribution is -0.131. The number of hydrogen-bond acceptors (Lipinski definition) is 3. The molecular formula is C30H60O3Si3. The highest BCUT2D eigenvalue weighted by molar-refractivity contribution is 6.70. The van der Waals surface area contributed by atoms with Gasteiger partial charge in [0.2, 0.25) is 0 Å². The molecule has 0 aromatic heterocycles. The summed E-state index contributed by atoms with van der Waals surface area (Å²) in [4.78, 5) is 0. The molecule has 4 rings (SSSR count). The topological polar surface area (TPSA) is 27.7 Å². The van der Waals surface area contributed by atoms with Gasteiger partial charge in [-0.2, -0.15) is 0 Å². The van der Waals surface area contributed by atoms with E-state index in [1.807, 2.05) is 0 Å². The van der Waals surface area contributed by atoms with E-state index in [-0.39, 0.29) is 0 Å². The van der Waals surface area contributed by atoms with E-state index in [2.05, 4.69) is 79.7 Å². The largest absolute Gasteiger partial charge is 0.415 e. The van der Waals surface area contributed by atoms with Gasteiger partial charge in [0.15, 0.2) is 25.0 Å². The molecule has 0 spiro atoms. The van der Waals surface area contributed by atoms with Crippen LogP contribution >= 0.6 is 0 Å². The number of rotatable bonds is 7. The fourth-order valence-corrected chi connectivity index (χ4v) is 13.5.